The van der Waals surface area contributed by atoms with Gasteiger partial charge in [-0.3, -0.25) is 4.79 Å². The quantitative estimate of drug-likeness (QED) is 0.179. The Bertz CT molecular complexity index is 310. The summed E-state index contributed by atoms with van der Waals surface area (Å²) in [7, 11) is 0. The molecule has 4 heteroatoms. The minimum atomic E-state index is -0.154. The second-order valence-corrected chi connectivity index (χ2v) is 8.47. The Balaban J connectivity index is 2.99. The standard InChI is InChI=1S/C24H51N3O/c25-21-23-27-22-19-17-15-13-11-9-7-5-3-1-2-4-6-8-10-12-14-16-18-20-24(26)28/h27H,1-23,25H2,(H2,26,28). The number of hydrogen-bond acceptors (Lipinski definition) is 3. The van der Waals surface area contributed by atoms with Gasteiger partial charge in [0.05, 0.1) is 0 Å². The zero-order chi connectivity index (χ0) is 20.5. The third kappa shape index (κ3) is 25.4. The van der Waals surface area contributed by atoms with Gasteiger partial charge in [-0.2, -0.15) is 0 Å². The average molecular weight is 398 g/mol. The van der Waals surface area contributed by atoms with Crippen molar-refractivity contribution < 1.29 is 4.79 Å². The van der Waals surface area contributed by atoms with Crippen LogP contribution in [0.3, 0.4) is 0 Å². The Morgan fingerprint density at radius 1 is 0.500 bits per heavy atom. The maximum atomic E-state index is 10.6. The fourth-order valence-corrected chi connectivity index (χ4v) is 3.78. The fraction of sp³-hybridized carbons (Fsp3) is 0.958. The first-order valence-corrected chi connectivity index (χ1v) is 12.5. The van der Waals surface area contributed by atoms with Crippen LogP contribution >= 0.6 is 0 Å². The molecule has 0 spiro atoms. The zero-order valence-corrected chi connectivity index (χ0v) is 18.8. The van der Waals surface area contributed by atoms with Crippen molar-refractivity contribution in [3.05, 3.63) is 0 Å². The minimum Gasteiger partial charge on any atom is -0.370 e. The van der Waals surface area contributed by atoms with Crippen LogP contribution in [0.15, 0.2) is 0 Å². The van der Waals surface area contributed by atoms with Crippen molar-refractivity contribution in [2.75, 3.05) is 19.6 Å². The Hall–Kier alpha value is -0.610. The molecule has 1 amide bonds. The molecule has 0 unspecified atom stereocenters. The van der Waals surface area contributed by atoms with Crippen molar-refractivity contribution in [2.24, 2.45) is 11.5 Å². The number of carbonyl (C=O) groups excluding carboxylic acids is 1. The van der Waals surface area contributed by atoms with Crippen molar-refractivity contribution in [2.45, 2.75) is 128 Å². The molecule has 0 radical (unpaired) electrons. The second-order valence-electron chi connectivity index (χ2n) is 8.47. The van der Waals surface area contributed by atoms with Crippen molar-refractivity contribution in [3.63, 3.8) is 0 Å². The molecule has 0 bridgehead atoms. The van der Waals surface area contributed by atoms with Crippen LogP contribution in [0.1, 0.15) is 128 Å². The first kappa shape index (κ1) is 27.4. The van der Waals surface area contributed by atoms with Crippen molar-refractivity contribution in [3.8, 4) is 0 Å². The first-order valence-electron chi connectivity index (χ1n) is 12.5. The number of primary amides is 1. The van der Waals surface area contributed by atoms with Crippen LogP contribution in [0.4, 0.5) is 0 Å². The van der Waals surface area contributed by atoms with Gasteiger partial charge in [0.25, 0.3) is 0 Å². The Morgan fingerprint density at radius 2 is 0.821 bits per heavy atom. The highest BCUT2D eigenvalue weighted by Crippen LogP contribution is 2.14. The smallest absolute Gasteiger partial charge is 0.217 e. The number of rotatable bonds is 24. The highest BCUT2D eigenvalue weighted by molar-refractivity contribution is 5.73. The van der Waals surface area contributed by atoms with E-state index in [-0.39, 0.29) is 5.91 Å². The summed E-state index contributed by atoms with van der Waals surface area (Å²) in [6.45, 7) is 2.85. The minimum absolute atomic E-state index is 0.154. The maximum Gasteiger partial charge on any atom is 0.217 e. The van der Waals surface area contributed by atoms with E-state index in [1.54, 1.807) is 0 Å². The van der Waals surface area contributed by atoms with E-state index in [0.29, 0.717) is 6.42 Å². The normalized spacial score (nSPS) is 11.2. The first-order chi connectivity index (χ1) is 13.8. The average Bonchev–Trinajstić information content (AvgIpc) is 2.68. The molecule has 0 fully saturated rings. The molecule has 168 valence electrons. The van der Waals surface area contributed by atoms with Gasteiger partial charge in [-0.05, 0) is 19.4 Å². The lowest BCUT2D eigenvalue weighted by molar-refractivity contribution is -0.118. The molecule has 4 nitrogen and oxygen atoms in total. The van der Waals surface area contributed by atoms with E-state index in [1.807, 2.05) is 0 Å². The number of hydrogen-bond donors (Lipinski definition) is 3. The lowest BCUT2D eigenvalue weighted by Crippen LogP contribution is -2.23. The molecule has 5 N–H and O–H groups in total. The van der Waals surface area contributed by atoms with E-state index < -0.39 is 0 Å². The topological polar surface area (TPSA) is 81.1 Å². The zero-order valence-electron chi connectivity index (χ0n) is 18.8. The molecular formula is C24H51N3O. The molecule has 0 aliphatic rings. The summed E-state index contributed by atoms with van der Waals surface area (Å²) in [6, 6.07) is 0. The van der Waals surface area contributed by atoms with Gasteiger partial charge in [0.2, 0.25) is 5.91 Å². The lowest BCUT2D eigenvalue weighted by Gasteiger charge is -2.04. The van der Waals surface area contributed by atoms with Gasteiger partial charge in [0.15, 0.2) is 0 Å². The summed E-state index contributed by atoms with van der Waals surface area (Å²) >= 11 is 0. The maximum absolute atomic E-state index is 10.6. The van der Waals surface area contributed by atoms with Crippen molar-refractivity contribution in [1.29, 1.82) is 0 Å². The predicted molar refractivity (Wildman–Crippen MR) is 123 cm³/mol. The van der Waals surface area contributed by atoms with Crippen LogP contribution in [0.5, 0.6) is 0 Å². The molecule has 0 rings (SSSR count). The van der Waals surface area contributed by atoms with Crippen molar-refractivity contribution >= 4 is 5.91 Å². The van der Waals surface area contributed by atoms with E-state index in [9.17, 15) is 4.79 Å². The summed E-state index contributed by atoms with van der Waals surface area (Å²) < 4.78 is 0. The summed E-state index contributed by atoms with van der Waals surface area (Å²) in [6.07, 6.45) is 26.4. The van der Waals surface area contributed by atoms with Gasteiger partial charge in [-0.1, -0.05) is 109 Å². The van der Waals surface area contributed by atoms with Crippen LogP contribution in [0.2, 0.25) is 0 Å². The molecule has 0 aliphatic carbocycles. The van der Waals surface area contributed by atoms with Crippen LogP contribution < -0.4 is 16.8 Å². The molecule has 0 aliphatic heterocycles. The van der Waals surface area contributed by atoms with Gasteiger partial charge in [0, 0.05) is 19.5 Å². The predicted octanol–water partition coefficient (Wildman–Crippen LogP) is 5.82. The monoisotopic (exact) mass is 397 g/mol. The van der Waals surface area contributed by atoms with Gasteiger partial charge >= 0.3 is 0 Å². The molecular weight excluding hydrogens is 346 g/mol. The largest absolute Gasteiger partial charge is 0.370 e. The highest BCUT2D eigenvalue weighted by atomic mass is 16.1. The van der Waals surface area contributed by atoms with E-state index >= 15 is 0 Å². The molecule has 0 saturated heterocycles. The Kier molecular flexibility index (Phi) is 23.9. The molecule has 0 heterocycles. The van der Waals surface area contributed by atoms with E-state index in [1.165, 1.54) is 109 Å². The van der Waals surface area contributed by atoms with Crippen LogP contribution in [0.25, 0.3) is 0 Å². The van der Waals surface area contributed by atoms with Gasteiger partial charge in [0.1, 0.15) is 0 Å². The van der Waals surface area contributed by atoms with Crippen LogP contribution in [-0.2, 0) is 4.79 Å². The molecule has 28 heavy (non-hydrogen) atoms. The van der Waals surface area contributed by atoms with Crippen LogP contribution in [-0.4, -0.2) is 25.5 Å². The highest BCUT2D eigenvalue weighted by Gasteiger charge is 1.96. The summed E-state index contributed by atoms with van der Waals surface area (Å²) in [4.78, 5) is 10.6. The fourth-order valence-electron chi connectivity index (χ4n) is 3.78. The lowest BCUT2D eigenvalue weighted by atomic mass is 10.0. The van der Waals surface area contributed by atoms with Crippen LogP contribution in [0, 0.1) is 0 Å². The van der Waals surface area contributed by atoms with Gasteiger partial charge < -0.3 is 16.8 Å². The third-order valence-electron chi connectivity index (χ3n) is 5.60. The molecule has 0 aromatic carbocycles. The van der Waals surface area contributed by atoms with Gasteiger partial charge in [-0.25, -0.2) is 0 Å². The van der Waals surface area contributed by atoms with E-state index in [4.69, 9.17) is 11.5 Å². The number of nitrogens with one attached hydrogen (secondary N) is 1. The molecule has 0 aromatic heterocycles. The molecule has 0 atom stereocenters. The van der Waals surface area contributed by atoms with Crippen molar-refractivity contribution in [1.82, 2.24) is 5.32 Å². The summed E-state index contributed by atoms with van der Waals surface area (Å²) in [5.74, 6) is -0.154. The number of nitrogens with two attached hydrogens (primary N) is 2. The number of unbranched alkanes of at least 4 members (excludes halogenated alkanes) is 18. The number of amides is 1. The molecule has 0 aromatic rings. The second kappa shape index (κ2) is 24.4. The molecule has 0 saturated carbocycles. The summed E-state index contributed by atoms with van der Waals surface area (Å²) in [5, 5.41) is 3.36. The SMILES string of the molecule is NCCNCCCCCCCCCCCCCCCCCCCCCC(N)=O. The Labute approximate surface area is 176 Å². The van der Waals surface area contributed by atoms with Gasteiger partial charge in [-0.15, -0.1) is 0 Å². The Morgan fingerprint density at radius 3 is 1.14 bits per heavy atom. The third-order valence-corrected chi connectivity index (χ3v) is 5.60. The van der Waals surface area contributed by atoms with E-state index in [0.717, 1.165) is 32.5 Å². The summed E-state index contributed by atoms with van der Waals surface area (Å²) in [5.41, 5.74) is 10.6. The van der Waals surface area contributed by atoms with E-state index in [2.05, 4.69) is 5.32 Å². The number of carbonyl (C=O) groups is 1.